The Hall–Kier alpha value is -4.19. The van der Waals surface area contributed by atoms with Gasteiger partial charge in [-0.1, -0.05) is 19.1 Å². The Balaban J connectivity index is 1.41. The van der Waals surface area contributed by atoms with Crippen LogP contribution in [0.15, 0.2) is 67.1 Å². The highest BCUT2D eigenvalue weighted by Crippen LogP contribution is 2.37. The SMILES string of the molecule is CC[C@@H]1CN(c2nc3nncn3c3ccc(F)cc23)[C@@H](C)CN1C(c1ccc(F)cc1)c1ccc(C(F)(F)F)cn1. The molecular weight excluding hydrogens is 541 g/mol. The van der Waals surface area contributed by atoms with Crippen LogP contribution in [0.5, 0.6) is 0 Å². The Morgan fingerprint density at radius 2 is 1.73 bits per heavy atom. The fourth-order valence-electron chi connectivity index (χ4n) is 5.70. The Morgan fingerprint density at radius 3 is 2.41 bits per heavy atom. The van der Waals surface area contributed by atoms with Crippen LogP contribution in [0.1, 0.15) is 43.1 Å². The van der Waals surface area contributed by atoms with Gasteiger partial charge in [0.2, 0.25) is 0 Å². The van der Waals surface area contributed by atoms with Crippen molar-refractivity contribution in [1.29, 1.82) is 0 Å². The summed E-state index contributed by atoms with van der Waals surface area (Å²) < 4.78 is 69.9. The molecule has 4 heterocycles. The number of rotatable bonds is 5. The van der Waals surface area contributed by atoms with E-state index in [2.05, 4.69) is 25.0 Å². The lowest BCUT2D eigenvalue weighted by molar-refractivity contribution is -0.137. The summed E-state index contributed by atoms with van der Waals surface area (Å²) in [5, 5.41) is 8.70. The molecule has 12 heteroatoms. The van der Waals surface area contributed by atoms with E-state index in [4.69, 9.17) is 4.98 Å². The molecule has 0 amide bonds. The van der Waals surface area contributed by atoms with Gasteiger partial charge in [-0.3, -0.25) is 14.3 Å². The number of hydrogen-bond acceptors (Lipinski definition) is 6. The highest BCUT2D eigenvalue weighted by molar-refractivity contribution is 5.91. The van der Waals surface area contributed by atoms with E-state index in [1.54, 1.807) is 22.6 Å². The van der Waals surface area contributed by atoms with E-state index in [1.165, 1.54) is 36.7 Å². The molecule has 1 saturated heterocycles. The van der Waals surface area contributed by atoms with Gasteiger partial charge in [-0.2, -0.15) is 18.2 Å². The molecule has 1 aliphatic rings. The quantitative estimate of drug-likeness (QED) is 0.241. The lowest BCUT2D eigenvalue weighted by atomic mass is 9.94. The van der Waals surface area contributed by atoms with Gasteiger partial charge < -0.3 is 4.90 Å². The average molecular weight is 568 g/mol. The number of halogens is 5. The minimum atomic E-state index is -4.51. The van der Waals surface area contributed by atoms with Crippen molar-refractivity contribution in [3.05, 3.63) is 95.6 Å². The molecule has 6 rings (SSSR count). The number of anilines is 1. The summed E-state index contributed by atoms with van der Waals surface area (Å²) in [6.07, 6.45) is -1.44. The zero-order valence-electron chi connectivity index (χ0n) is 22.2. The predicted molar refractivity (Wildman–Crippen MR) is 143 cm³/mol. The molecule has 0 saturated carbocycles. The van der Waals surface area contributed by atoms with Gasteiger partial charge in [-0.15, -0.1) is 10.2 Å². The first-order chi connectivity index (χ1) is 19.6. The Labute approximate surface area is 232 Å². The topological polar surface area (TPSA) is 62.5 Å². The smallest absolute Gasteiger partial charge is 0.350 e. The standard InChI is InChI=1S/C29H26F5N7/c1-3-22-15-39(27-23-12-21(31)9-11-25(23)41-16-36-38-28(41)37-27)17(2)14-40(22)26(18-4-7-20(30)8-5-18)24-10-6-19(13-35-24)29(32,33)34/h4-13,16-17,22,26H,3,14-15H2,1-2H3/t17-,22+,26?/m0/s1. The van der Waals surface area contributed by atoms with E-state index >= 15 is 0 Å². The van der Waals surface area contributed by atoms with Crippen molar-refractivity contribution in [2.45, 2.75) is 44.6 Å². The molecule has 7 nitrogen and oxygen atoms in total. The minimum Gasteiger partial charge on any atom is -0.350 e. The van der Waals surface area contributed by atoms with Crippen molar-refractivity contribution in [2.75, 3.05) is 18.0 Å². The first kappa shape index (κ1) is 27.0. The van der Waals surface area contributed by atoms with Crippen molar-refractivity contribution < 1.29 is 22.0 Å². The third-order valence-corrected chi connectivity index (χ3v) is 7.73. The predicted octanol–water partition coefficient (Wildman–Crippen LogP) is 6.05. The van der Waals surface area contributed by atoms with Gasteiger partial charge in [0.05, 0.1) is 22.8 Å². The van der Waals surface area contributed by atoms with Gasteiger partial charge in [0, 0.05) is 36.8 Å². The largest absolute Gasteiger partial charge is 0.417 e. The van der Waals surface area contributed by atoms with Crippen molar-refractivity contribution in [3.63, 3.8) is 0 Å². The summed E-state index contributed by atoms with van der Waals surface area (Å²) in [6.45, 7) is 5.03. The van der Waals surface area contributed by atoms with E-state index < -0.39 is 29.4 Å². The molecule has 3 atom stereocenters. The second-order valence-corrected chi connectivity index (χ2v) is 10.3. The normalized spacial score (nSPS) is 19.2. The van der Waals surface area contributed by atoms with Crippen molar-refractivity contribution in [1.82, 2.24) is 29.5 Å². The second kappa shape index (κ2) is 10.3. The van der Waals surface area contributed by atoms with Crippen molar-refractivity contribution in [2.24, 2.45) is 0 Å². The summed E-state index contributed by atoms with van der Waals surface area (Å²) in [4.78, 5) is 13.3. The number of nitrogens with zero attached hydrogens (tertiary/aromatic N) is 7. The minimum absolute atomic E-state index is 0.0927. The molecule has 3 aromatic heterocycles. The van der Waals surface area contributed by atoms with E-state index in [0.29, 0.717) is 47.7 Å². The number of aromatic nitrogens is 5. The van der Waals surface area contributed by atoms with Crippen LogP contribution < -0.4 is 4.90 Å². The van der Waals surface area contributed by atoms with E-state index in [9.17, 15) is 22.0 Å². The third kappa shape index (κ3) is 4.96. The Kier molecular flexibility index (Phi) is 6.80. The molecule has 1 fully saturated rings. The Morgan fingerprint density at radius 1 is 0.976 bits per heavy atom. The molecule has 1 aliphatic heterocycles. The molecule has 2 aromatic carbocycles. The number of pyridine rings is 1. The van der Waals surface area contributed by atoms with Crippen LogP contribution in [0.3, 0.4) is 0 Å². The number of benzene rings is 2. The number of alkyl halides is 3. The maximum atomic E-state index is 14.4. The van der Waals surface area contributed by atoms with Crippen LogP contribution >= 0.6 is 0 Å². The average Bonchev–Trinajstić information content (AvgIpc) is 3.43. The van der Waals surface area contributed by atoms with Crippen LogP contribution in [-0.4, -0.2) is 54.6 Å². The molecule has 0 aliphatic carbocycles. The molecule has 0 N–H and O–H groups in total. The van der Waals surface area contributed by atoms with Crippen LogP contribution in [0.2, 0.25) is 0 Å². The molecule has 212 valence electrons. The van der Waals surface area contributed by atoms with Crippen LogP contribution in [-0.2, 0) is 6.18 Å². The molecule has 1 unspecified atom stereocenters. The number of fused-ring (bicyclic) bond motifs is 3. The van der Waals surface area contributed by atoms with Gasteiger partial charge in [0.15, 0.2) is 0 Å². The van der Waals surface area contributed by atoms with Gasteiger partial charge >= 0.3 is 6.18 Å². The highest BCUT2D eigenvalue weighted by Gasteiger charge is 2.38. The van der Waals surface area contributed by atoms with Crippen LogP contribution in [0.4, 0.5) is 27.8 Å². The summed E-state index contributed by atoms with van der Waals surface area (Å²) >= 11 is 0. The van der Waals surface area contributed by atoms with Gasteiger partial charge in [-0.25, -0.2) is 8.78 Å². The molecule has 0 spiro atoms. The number of piperazine rings is 1. The van der Waals surface area contributed by atoms with Crippen LogP contribution in [0, 0.1) is 11.6 Å². The fourth-order valence-corrected chi connectivity index (χ4v) is 5.70. The van der Waals surface area contributed by atoms with Gasteiger partial charge in [0.25, 0.3) is 5.78 Å². The van der Waals surface area contributed by atoms with Gasteiger partial charge in [-0.05, 0) is 61.4 Å². The zero-order valence-corrected chi connectivity index (χ0v) is 22.2. The fraction of sp³-hybridized carbons (Fsp3) is 0.310. The second-order valence-electron chi connectivity index (χ2n) is 10.3. The molecule has 5 aromatic rings. The maximum absolute atomic E-state index is 14.4. The van der Waals surface area contributed by atoms with E-state index in [1.807, 2.05) is 13.8 Å². The number of hydrogen-bond donors (Lipinski definition) is 0. The van der Waals surface area contributed by atoms with Crippen molar-refractivity contribution in [3.8, 4) is 0 Å². The molecular formula is C29H26F5N7. The van der Waals surface area contributed by atoms with Crippen molar-refractivity contribution >= 4 is 22.5 Å². The summed E-state index contributed by atoms with van der Waals surface area (Å²) in [7, 11) is 0. The van der Waals surface area contributed by atoms with E-state index in [0.717, 1.165) is 17.8 Å². The Bertz CT molecular complexity index is 1690. The zero-order chi connectivity index (χ0) is 28.9. The van der Waals surface area contributed by atoms with Gasteiger partial charge in [0.1, 0.15) is 23.8 Å². The first-order valence-electron chi connectivity index (χ1n) is 13.2. The monoisotopic (exact) mass is 567 g/mol. The summed E-state index contributed by atoms with van der Waals surface area (Å²) in [5.74, 6) is 0.166. The lowest BCUT2D eigenvalue weighted by Gasteiger charge is -2.49. The van der Waals surface area contributed by atoms with E-state index in [-0.39, 0.29) is 12.1 Å². The summed E-state index contributed by atoms with van der Waals surface area (Å²) in [6, 6.07) is 12.1. The summed E-state index contributed by atoms with van der Waals surface area (Å²) in [5.41, 5.74) is 1.03. The third-order valence-electron chi connectivity index (χ3n) is 7.73. The first-order valence-corrected chi connectivity index (χ1v) is 13.2. The van der Waals surface area contributed by atoms with Crippen LogP contribution in [0.25, 0.3) is 16.7 Å². The highest BCUT2D eigenvalue weighted by atomic mass is 19.4. The molecule has 41 heavy (non-hydrogen) atoms. The maximum Gasteiger partial charge on any atom is 0.417 e. The lowest BCUT2D eigenvalue weighted by Crippen LogP contribution is -2.58. The molecule has 0 bridgehead atoms. The molecule has 0 radical (unpaired) electrons.